The van der Waals surface area contributed by atoms with E-state index in [4.69, 9.17) is 9.72 Å². The van der Waals surface area contributed by atoms with Gasteiger partial charge in [0.2, 0.25) is 5.91 Å². The number of nitrogens with zero attached hydrogens (tertiary/aromatic N) is 6. The number of hydrogen-bond acceptors (Lipinski definition) is 10. The molecule has 276 valence electrons. The van der Waals surface area contributed by atoms with Crippen molar-refractivity contribution >= 4 is 51.8 Å². The Labute approximate surface area is 313 Å². The van der Waals surface area contributed by atoms with Crippen molar-refractivity contribution in [1.82, 2.24) is 19.4 Å². The summed E-state index contributed by atoms with van der Waals surface area (Å²) in [5, 5.41) is 6.21. The maximum Gasteiger partial charge on any atom is 0.293 e. The molecule has 2 saturated heterocycles. The van der Waals surface area contributed by atoms with Crippen LogP contribution in [0.25, 0.3) is 11.3 Å². The first-order valence-electron chi connectivity index (χ1n) is 18.4. The van der Waals surface area contributed by atoms with Crippen LogP contribution >= 0.6 is 11.3 Å². The van der Waals surface area contributed by atoms with E-state index in [1.165, 1.54) is 26.6 Å². The maximum absolute atomic E-state index is 14.0. The van der Waals surface area contributed by atoms with Gasteiger partial charge in [0.25, 0.3) is 11.5 Å². The van der Waals surface area contributed by atoms with E-state index in [0.717, 1.165) is 73.8 Å². The van der Waals surface area contributed by atoms with E-state index < -0.39 is 0 Å². The molecule has 4 aliphatic rings. The molecule has 1 atom stereocenters. The average molecular weight is 735 g/mol. The fraction of sp³-hybridized carbons (Fsp3) is 0.425. The summed E-state index contributed by atoms with van der Waals surface area (Å²) in [6.45, 7) is 17.0. The van der Waals surface area contributed by atoms with E-state index in [1.54, 1.807) is 35.7 Å². The second-order valence-electron chi connectivity index (χ2n) is 15.3. The van der Waals surface area contributed by atoms with E-state index in [2.05, 4.69) is 52.8 Å². The number of hydrogen-bond donors (Lipinski definition) is 2. The summed E-state index contributed by atoms with van der Waals surface area (Å²) >= 11 is 1.65. The molecule has 2 amide bonds. The van der Waals surface area contributed by atoms with Crippen LogP contribution in [0.3, 0.4) is 0 Å². The molecule has 13 heteroatoms. The van der Waals surface area contributed by atoms with Crippen LogP contribution in [0.2, 0.25) is 0 Å². The highest BCUT2D eigenvalue weighted by Gasteiger charge is 2.40. The van der Waals surface area contributed by atoms with Gasteiger partial charge in [-0.25, -0.2) is 9.97 Å². The van der Waals surface area contributed by atoms with Gasteiger partial charge >= 0.3 is 0 Å². The standard InChI is InChI=1S/C40H46N8O4S/c1-7-33(49)43-30-18-25(8-9-32(30)47-17-16-46(19-23(47)2)26-21-52-22-26)42-36-39(51)45(6)20-31(44-36)27-11-14-41-37(24(27)3)48-15-12-28-29-10-13-40(4,5)35(29)53-34(28)38(48)50/h7-9,11,14,18,20,23,26H,1,10,12-13,15-17,19,21-22H2,2-6H3,(H,42,44)(H,43,49)/t23-/m0/s1. The number of fused-ring (bicyclic) bond motifs is 3. The molecular formula is C40H46N8O4S. The number of aryl methyl sites for hydroxylation is 1. The Hall–Kier alpha value is -4.85. The van der Waals surface area contributed by atoms with Crippen LogP contribution in [-0.4, -0.2) is 82.7 Å². The summed E-state index contributed by atoms with van der Waals surface area (Å²) in [5.74, 6) is 0.412. The number of carbonyl (C=O) groups is 2. The van der Waals surface area contributed by atoms with E-state index in [9.17, 15) is 14.4 Å². The molecule has 3 aromatic heterocycles. The van der Waals surface area contributed by atoms with Crippen LogP contribution in [0.1, 0.15) is 58.4 Å². The molecule has 2 fully saturated rings. The summed E-state index contributed by atoms with van der Waals surface area (Å²) in [7, 11) is 1.69. The molecule has 12 nitrogen and oxygen atoms in total. The lowest BCUT2D eigenvalue weighted by atomic mass is 9.93. The number of benzene rings is 1. The smallest absolute Gasteiger partial charge is 0.293 e. The molecule has 1 aliphatic carbocycles. The van der Waals surface area contributed by atoms with Gasteiger partial charge in [0.15, 0.2) is 5.82 Å². The number of anilines is 5. The first kappa shape index (κ1) is 35.2. The summed E-state index contributed by atoms with van der Waals surface area (Å²) < 4.78 is 6.92. The molecule has 4 aromatic rings. The molecule has 2 N–H and O–H groups in total. The normalized spacial score (nSPS) is 19.8. The van der Waals surface area contributed by atoms with Crippen molar-refractivity contribution in [2.75, 3.05) is 59.8 Å². The van der Waals surface area contributed by atoms with Gasteiger partial charge in [-0.05, 0) is 80.0 Å². The van der Waals surface area contributed by atoms with E-state index in [0.29, 0.717) is 35.5 Å². The monoisotopic (exact) mass is 734 g/mol. The van der Waals surface area contributed by atoms with E-state index in [1.807, 2.05) is 31.2 Å². The number of thiophene rings is 1. The van der Waals surface area contributed by atoms with E-state index in [-0.39, 0.29) is 34.6 Å². The molecule has 6 heterocycles. The summed E-state index contributed by atoms with van der Waals surface area (Å²) in [6.07, 6.45) is 7.61. The van der Waals surface area contributed by atoms with Crippen LogP contribution in [0, 0.1) is 6.92 Å². The second-order valence-corrected chi connectivity index (χ2v) is 16.3. The van der Waals surface area contributed by atoms with Crippen molar-refractivity contribution < 1.29 is 14.3 Å². The van der Waals surface area contributed by atoms with Crippen LogP contribution in [0.15, 0.2) is 54.1 Å². The van der Waals surface area contributed by atoms with Crippen LogP contribution in [0.4, 0.5) is 28.7 Å². The highest BCUT2D eigenvalue weighted by atomic mass is 32.1. The Morgan fingerprint density at radius 1 is 1.11 bits per heavy atom. The van der Waals surface area contributed by atoms with Crippen LogP contribution in [-0.2, 0) is 34.8 Å². The third-order valence-electron chi connectivity index (χ3n) is 11.3. The highest BCUT2D eigenvalue weighted by molar-refractivity contribution is 7.14. The predicted molar refractivity (Wildman–Crippen MR) is 210 cm³/mol. The molecular weight excluding hydrogens is 689 g/mol. The Morgan fingerprint density at radius 2 is 1.92 bits per heavy atom. The van der Waals surface area contributed by atoms with Gasteiger partial charge in [-0.15, -0.1) is 11.3 Å². The highest BCUT2D eigenvalue weighted by Crippen LogP contribution is 2.48. The number of rotatable bonds is 8. The number of piperazine rings is 1. The Balaban J connectivity index is 1.08. The molecule has 53 heavy (non-hydrogen) atoms. The van der Waals surface area contributed by atoms with Crippen LogP contribution < -0.4 is 26.0 Å². The minimum absolute atomic E-state index is 0.00277. The quantitative estimate of drug-likeness (QED) is 0.229. The lowest BCUT2D eigenvalue weighted by Crippen LogP contribution is -2.59. The van der Waals surface area contributed by atoms with Gasteiger partial charge in [0.05, 0.1) is 41.2 Å². The van der Waals surface area contributed by atoms with Gasteiger partial charge < -0.3 is 24.8 Å². The number of aromatic nitrogens is 3. The molecule has 0 bridgehead atoms. The molecule has 0 spiro atoms. The molecule has 0 unspecified atom stereocenters. The number of amides is 2. The van der Waals surface area contributed by atoms with Crippen molar-refractivity contribution in [3.05, 3.63) is 86.1 Å². The second kappa shape index (κ2) is 13.5. The summed E-state index contributed by atoms with van der Waals surface area (Å²) in [5.41, 5.74) is 6.65. The summed E-state index contributed by atoms with van der Waals surface area (Å²) in [4.78, 5) is 58.3. The minimum atomic E-state index is -0.322. The number of ether oxygens (including phenoxy) is 1. The van der Waals surface area contributed by atoms with Gasteiger partial charge in [0.1, 0.15) is 5.82 Å². The fourth-order valence-corrected chi connectivity index (χ4v) is 9.71. The van der Waals surface area contributed by atoms with Crippen molar-refractivity contribution in [3.63, 3.8) is 0 Å². The Morgan fingerprint density at radius 3 is 2.66 bits per heavy atom. The van der Waals surface area contributed by atoms with Gasteiger partial charge in [-0.2, -0.15) is 0 Å². The Kier molecular flexibility index (Phi) is 8.98. The maximum atomic E-state index is 14.0. The minimum Gasteiger partial charge on any atom is -0.378 e. The lowest BCUT2D eigenvalue weighted by molar-refractivity contribution is -0.111. The fourth-order valence-electron chi connectivity index (χ4n) is 8.23. The Bertz CT molecular complexity index is 2200. The van der Waals surface area contributed by atoms with E-state index >= 15 is 0 Å². The summed E-state index contributed by atoms with van der Waals surface area (Å²) in [6, 6.07) is 8.25. The zero-order chi connectivity index (χ0) is 37.2. The first-order chi connectivity index (χ1) is 25.4. The molecule has 0 saturated carbocycles. The number of pyridine rings is 1. The average Bonchev–Trinajstić information content (AvgIpc) is 3.64. The predicted octanol–water partition coefficient (Wildman–Crippen LogP) is 5.42. The van der Waals surface area contributed by atoms with Gasteiger partial charge in [-0.1, -0.05) is 20.4 Å². The molecule has 3 aliphatic heterocycles. The SMILES string of the molecule is C=CC(=O)Nc1cc(Nc2nc(-c3ccnc(N4CCc5c(sc6c5CCC6(C)C)C4=O)c3C)cn(C)c2=O)ccc1N1CCN(C2COC2)C[C@@H]1C. The molecule has 8 rings (SSSR count). The van der Waals surface area contributed by atoms with Gasteiger partial charge in [-0.3, -0.25) is 24.2 Å². The molecule has 1 aromatic carbocycles. The van der Waals surface area contributed by atoms with Crippen molar-refractivity contribution in [2.24, 2.45) is 7.05 Å². The van der Waals surface area contributed by atoms with Crippen molar-refractivity contribution in [1.29, 1.82) is 0 Å². The lowest BCUT2D eigenvalue weighted by Gasteiger charge is -2.46. The van der Waals surface area contributed by atoms with Crippen LogP contribution in [0.5, 0.6) is 0 Å². The van der Waals surface area contributed by atoms with Crippen molar-refractivity contribution in [3.8, 4) is 11.3 Å². The first-order valence-corrected chi connectivity index (χ1v) is 19.2. The number of carbonyl (C=O) groups excluding carboxylic acids is 2. The molecule has 0 radical (unpaired) electrons. The topological polar surface area (TPSA) is 125 Å². The largest absolute Gasteiger partial charge is 0.378 e. The zero-order valence-corrected chi connectivity index (χ0v) is 31.8. The van der Waals surface area contributed by atoms with Gasteiger partial charge in [0, 0.05) is 73.4 Å². The third kappa shape index (κ3) is 6.24. The third-order valence-corrected chi connectivity index (χ3v) is 13.0. The number of nitrogens with one attached hydrogen (secondary N) is 2. The zero-order valence-electron chi connectivity index (χ0n) is 31.0. The van der Waals surface area contributed by atoms with Crippen molar-refractivity contribution in [2.45, 2.75) is 64.5 Å².